The molecular weight excluding hydrogens is 274 g/mol. The van der Waals surface area contributed by atoms with Gasteiger partial charge >= 0.3 is 0 Å². The van der Waals surface area contributed by atoms with Crippen molar-refractivity contribution in [2.75, 3.05) is 11.1 Å². The molecule has 0 spiro atoms. The van der Waals surface area contributed by atoms with E-state index in [9.17, 15) is 4.79 Å². The summed E-state index contributed by atoms with van der Waals surface area (Å²) in [6.07, 6.45) is 0. The number of rotatable bonds is 2. The quantitative estimate of drug-likeness (QED) is 0.708. The standard InChI is InChI=1S/C18H17N3O/c1-11-7-8-13(10-16(11)19)21-18(22)15-9-12(2)20-17-6-4-3-5-14(15)17/h3-10H,19H2,1-2H3,(H,21,22). The van der Waals surface area contributed by atoms with Gasteiger partial charge in [0.25, 0.3) is 5.91 Å². The molecule has 1 heterocycles. The van der Waals surface area contributed by atoms with Gasteiger partial charge in [-0.15, -0.1) is 0 Å². The Kier molecular flexibility index (Phi) is 3.51. The Hall–Kier alpha value is -2.88. The van der Waals surface area contributed by atoms with Crippen LogP contribution in [0.25, 0.3) is 10.9 Å². The number of carbonyl (C=O) groups is 1. The Balaban J connectivity index is 2.00. The van der Waals surface area contributed by atoms with Crippen molar-refractivity contribution in [3.8, 4) is 0 Å². The molecule has 4 heteroatoms. The minimum Gasteiger partial charge on any atom is -0.398 e. The first kappa shape index (κ1) is 14.1. The average molecular weight is 291 g/mol. The minimum atomic E-state index is -0.162. The third kappa shape index (κ3) is 2.63. The number of benzene rings is 2. The first-order valence-corrected chi connectivity index (χ1v) is 7.08. The number of nitrogens with two attached hydrogens (primary N) is 1. The van der Waals surface area contributed by atoms with E-state index in [4.69, 9.17) is 5.73 Å². The maximum atomic E-state index is 12.6. The maximum absolute atomic E-state index is 12.6. The lowest BCUT2D eigenvalue weighted by Gasteiger charge is -2.10. The molecule has 0 aliphatic heterocycles. The molecule has 0 aliphatic rings. The molecule has 0 aliphatic carbocycles. The number of nitrogen functional groups attached to an aromatic ring is 1. The molecule has 3 rings (SSSR count). The van der Waals surface area contributed by atoms with E-state index in [1.807, 2.05) is 50.2 Å². The molecule has 0 bridgehead atoms. The summed E-state index contributed by atoms with van der Waals surface area (Å²) in [4.78, 5) is 17.0. The highest BCUT2D eigenvalue weighted by Crippen LogP contribution is 2.21. The third-order valence-corrected chi connectivity index (χ3v) is 3.63. The number of pyridine rings is 1. The number of nitrogens with one attached hydrogen (secondary N) is 1. The van der Waals surface area contributed by atoms with Gasteiger partial charge in [0.2, 0.25) is 0 Å². The summed E-state index contributed by atoms with van der Waals surface area (Å²) in [5.41, 5.74) is 10.5. The molecule has 3 N–H and O–H groups in total. The molecule has 3 aromatic rings. The number of hydrogen-bond donors (Lipinski definition) is 2. The maximum Gasteiger partial charge on any atom is 0.256 e. The first-order chi connectivity index (χ1) is 10.5. The summed E-state index contributed by atoms with van der Waals surface area (Å²) in [6.45, 7) is 3.81. The molecule has 0 saturated carbocycles. The SMILES string of the molecule is Cc1cc(C(=O)Nc2ccc(C)c(N)c2)c2ccccc2n1. The van der Waals surface area contributed by atoms with Crippen molar-refractivity contribution >= 4 is 28.2 Å². The van der Waals surface area contributed by atoms with Crippen LogP contribution in [0.4, 0.5) is 11.4 Å². The summed E-state index contributed by atoms with van der Waals surface area (Å²) < 4.78 is 0. The highest BCUT2D eigenvalue weighted by molar-refractivity contribution is 6.12. The van der Waals surface area contributed by atoms with Gasteiger partial charge in [-0.05, 0) is 43.7 Å². The van der Waals surface area contributed by atoms with Crippen LogP contribution in [0.3, 0.4) is 0 Å². The van der Waals surface area contributed by atoms with Crippen LogP contribution >= 0.6 is 0 Å². The van der Waals surface area contributed by atoms with Crippen LogP contribution in [0.1, 0.15) is 21.6 Å². The van der Waals surface area contributed by atoms with Crippen molar-refractivity contribution in [1.29, 1.82) is 0 Å². The van der Waals surface area contributed by atoms with Crippen LogP contribution in [-0.4, -0.2) is 10.9 Å². The number of fused-ring (bicyclic) bond motifs is 1. The zero-order valence-corrected chi connectivity index (χ0v) is 12.6. The van der Waals surface area contributed by atoms with E-state index >= 15 is 0 Å². The van der Waals surface area contributed by atoms with Crippen LogP contribution in [0.2, 0.25) is 0 Å². The lowest BCUT2D eigenvalue weighted by atomic mass is 10.1. The number of nitrogens with zero attached hydrogens (tertiary/aromatic N) is 1. The molecule has 0 atom stereocenters. The Bertz CT molecular complexity index is 871. The molecular formula is C18H17N3O. The second-order valence-corrected chi connectivity index (χ2v) is 5.35. The van der Waals surface area contributed by atoms with Gasteiger partial charge in [-0.25, -0.2) is 0 Å². The fourth-order valence-corrected chi connectivity index (χ4v) is 2.41. The Morgan fingerprint density at radius 3 is 2.64 bits per heavy atom. The Morgan fingerprint density at radius 2 is 1.86 bits per heavy atom. The summed E-state index contributed by atoms with van der Waals surface area (Å²) in [7, 11) is 0. The molecule has 2 aromatic carbocycles. The van der Waals surface area contributed by atoms with Gasteiger partial charge in [-0.1, -0.05) is 24.3 Å². The second-order valence-electron chi connectivity index (χ2n) is 5.35. The van der Waals surface area contributed by atoms with E-state index in [-0.39, 0.29) is 5.91 Å². The van der Waals surface area contributed by atoms with Gasteiger partial charge in [0.15, 0.2) is 0 Å². The summed E-state index contributed by atoms with van der Waals surface area (Å²) in [5.74, 6) is -0.162. The molecule has 0 saturated heterocycles. The van der Waals surface area contributed by atoms with E-state index in [2.05, 4.69) is 10.3 Å². The summed E-state index contributed by atoms with van der Waals surface area (Å²) >= 11 is 0. The average Bonchev–Trinajstić information content (AvgIpc) is 2.50. The van der Waals surface area contributed by atoms with E-state index in [1.54, 1.807) is 12.1 Å². The van der Waals surface area contributed by atoms with Gasteiger partial charge in [0.1, 0.15) is 0 Å². The van der Waals surface area contributed by atoms with Crippen LogP contribution in [0.5, 0.6) is 0 Å². The highest BCUT2D eigenvalue weighted by atomic mass is 16.1. The van der Waals surface area contributed by atoms with Crippen molar-refractivity contribution in [3.63, 3.8) is 0 Å². The summed E-state index contributed by atoms with van der Waals surface area (Å²) in [6, 6.07) is 14.9. The van der Waals surface area contributed by atoms with Crippen molar-refractivity contribution < 1.29 is 4.79 Å². The summed E-state index contributed by atoms with van der Waals surface area (Å²) in [5, 5.41) is 3.74. The second kappa shape index (κ2) is 5.48. The number of anilines is 2. The number of amides is 1. The van der Waals surface area contributed by atoms with E-state index in [1.165, 1.54) is 0 Å². The van der Waals surface area contributed by atoms with Crippen molar-refractivity contribution in [2.24, 2.45) is 0 Å². The fourth-order valence-electron chi connectivity index (χ4n) is 2.41. The van der Waals surface area contributed by atoms with Gasteiger partial charge < -0.3 is 11.1 Å². The zero-order valence-electron chi connectivity index (χ0n) is 12.6. The number of aromatic nitrogens is 1. The van der Waals surface area contributed by atoms with Crippen LogP contribution in [0.15, 0.2) is 48.5 Å². The predicted octanol–water partition coefficient (Wildman–Crippen LogP) is 3.69. The lowest BCUT2D eigenvalue weighted by molar-refractivity contribution is 0.102. The van der Waals surface area contributed by atoms with E-state index in [0.717, 1.165) is 22.2 Å². The molecule has 22 heavy (non-hydrogen) atoms. The molecule has 4 nitrogen and oxygen atoms in total. The van der Waals surface area contributed by atoms with Gasteiger partial charge in [0.05, 0.1) is 11.1 Å². The molecule has 0 unspecified atom stereocenters. The highest BCUT2D eigenvalue weighted by Gasteiger charge is 2.12. The number of carbonyl (C=O) groups excluding carboxylic acids is 1. The molecule has 0 radical (unpaired) electrons. The topological polar surface area (TPSA) is 68.0 Å². The van der Waals surface area contributed by atoms with Crippen molar-refractivity contribution in [2.45, 2.75) is 13.8 Å². The fraction of sp³-hybridized carbons (Fsp3) is 0.111. The Labute approximate surface area is 129 Å². The van der Waals surface area contributed by atoms with Crippen LogP contribution < -0.4 is 11.1 Å². The zero-order chi connectivity index (χ0) is 15.7. The number of hydrogen-bond acceptors (Lipinski definition) is 3. The lowest BCUT2D eigenvalue weighted by Crippen LogP contribution is -2.13. The molecule has 1 aromatic heterocycles. The van der Waals surface area contributed by atoms with Crippen molar-refractivity contribution in [3.05, 3.63) is 65.4 Å². The largest absolute Gasteiger partial charge is 0.398 e. The van der Waals surface area contributed by atoms with Gasteiger partial charge in [-0.3, -0.25) is 9.78 Å². The number of para-hydroxylation sites is 1. The van der Waals surface area contributed by atoms with Crippen LogP contribution in [-0.2, 0) is 0 Å². The van der Waals surface area contributed by atoms with Gasteiger partial charge in [-0.2, -0.15) is 0 Å². The molecule has 110 valence electrons. The van der Waals surface area contributed by atoms with E-state index < -0.39 is 0 Å². The molecule has 1 amide bonds. The number of aryl methyl sites for hydroxylation is 2. The predicted molar refractivity (Wildman–Crippen MR) is 90.0 cm³/mol. The van der Waals surface area contributed by atoms with E-state index in [0.29, 0.717) is 16.9 Å². The third-order valence-electron chi connectivity index (χ3n) is 3.63. The smallest absolute Gasteiger partial charge is 0.256 e. The monoisotopic (exact) mass is 291 g/mol. The van der Waals surface area contributed by atoms with Gasteiger partial charge in [0, 0.05) is 22.5 Å². The van der Waals surface area contributed by atoms with Crippen LogP contribution in [0, 0.1) is 13.8 Å². The minimum absolute atomic E-state index is 0.162. The molecule has 0 fully saturated rings. The normalized spacial score (nSPS) is 10.6. The Morgan fingerprint density at radius 1 is 1.09 bits per heavy atom. The first-order valence-electron chi connectivity index (χ1n) is 7.08. The van der Waals surface area contributed by atoms with Crippen molar-refractivity contribution in [1.82, 2.24) is 4.98 Å².